The van der Waals surface area contributed by atoms with Gasteiger partial charge in [-0.15, -0.1) is 24.0 Å². The van der Waals surface area contributed by atoms with Crippen molar-refractivity contribution in [3.8, 4) is 11.5 Å². The predicted molar refractivity (Wildman–Crippen MR) is 116 cm³/mol. The number of alkyl halides is 1. The molecular weight excluding hydrogens is 429 g/mol. The summed E-state index contributed by atoms with van der Waals surface area (Å²) in [5.74, 6) is -0.661. The molecule has 1 heterocycles. The number of phenols is 1. The minimum atomic E-state index is -0.391. The Morgan fingerprint density at radius 2 is 1.70 bits per heavy atom. The summed E-state index contributed by atoms with van der Waals surface area (Å²) in [6.07, 6.45) is 0.768. The van der Waals surface area contributed by atoms with Crippen LogP contribution < -0.4 is 4.74 Å². The van der Waals surface area contributed by atoms with Crippen molar-refractivity contribution in [3.63, 3.8) is 0 Å². The van der Waals surface area contributed by atoms with E-state index < -0.39 is 5.78 Å². The summed E-state index contributed by atoms with van der Waals surface area (Å²) < 4.78 is 11.3. The predicted octanol–water partition coefficient (Wildman–Crippen LogP) is 3.43. The van der Waals surface area contributed by atoms with Crippen LogP contribution in [0.1, 0.15) is 43.8 Å². The van der Waals surface area contributed by atoms with E-state index in [-0.39, 0.29) is 46.5 Å². The Labute approximate surface area is 186 Å². The quantitative estimate of drug-likeness (QED) is 0.456. The lowest BCUT2D eigenvalue weighted by atomic mass is 9.82. The maximum absolute atomic E-state index is 13.1. The van der Waals surface area contributed by atoms with Gasteiger partial charge < -0.3 is 14.6 Å². The number of aromatic hydroxyl groups is 1. The average Bonchev–Trinajstić information content (AvgIpc) is 2.76. The molecule has 0 amide bonds. The molecule has 0 spiro atoms. The number of hydrogen-bond donors (Lipinski definition) is 1. The number of benzene rings is 2. The highest BCUT2D eigenvalue weighted by atomic mass is 35.5. The molecule has 0 saturated carbocycles. The third-order valence-corrected chi connectivity index (χ3v) is 5.62. The van der Waals surface area contributed by atoms with Crippen LogP contribution in [0.25, 0.3) is 0 Å². The first-order valence-corrected chi connectivity index (χ1v) is 10.2. The van der Waals surface area contributed by atoms with Crippen molar-refractivity contribution in [1.82, 2.24) is 4.90 Å². The highest BCUT2D eigenvalue weighted by Gasteiger charge is 2.35. The van der Waals surface area contributed by atoms with Gasteiger partial charge in [-0.3, -0.25) is 14.5 Å². The lowest BCUT2D eigenvalue weighted by molar-refractivity contribution is 0.0357. The normalized spacial score (nSPS) is 15.9. The molecule has 1 aliphatic heterocycles. The van der Waals surface area contributed by atoms with E-state index in [1.807, 2.05) is 0 Å². The van der Waals surface area contributed by atoms with Crippen LogP contribution in [-0.4, -0.2) is 61.0 Å². The molecule has 0 bridgehead atoms. The summed E-state index contributed by atoms with van der Waals surface area (Å²) >= 11 is 5.96. The summed E-state index contributed by atoms with van der Waals surface area (Å²) in [7, 11) is 0. The Hall–Kier alpha value is -2.12. The van der Waals surface area contributed by atoms with Crippen molar-refractivity contribution in [3.05, 3.63) is 58.1 Å². The van der Waals surface area contributed by atoms with Gasteiger partial charge in [0.25, 0.3) is 0 Å². The van der Waals surface area contributed by atoms with Crippen LogP contribution in [0.15, 0.2) is 30.3 Å². The third kappa shape index (κ3) is 4.18. The standard InChI is InChI=1S/C22H22ClNO5.ClH/c23-13-14-12-17(29-9-3-6-24-7-10-28-11-8-24)18-19(20(14)25)22(27)16-5-2-1-4-15(16)21(18)26;/h1-2,4-5,12,25H,3,6-11,13H2;1H. The molecule has 6 nitrogen and oxygen atoms in total. The number of ketones is 2. The molecule has 1 N–H and O–H groups in total. The third-order valence-electron chi connectivity index (χ3n) is 5.34. The number of ether oxygens (including phenoxy) is 2. The van der Waals surface area contributed by atoms with Gasteiger partial charge in [-0.2, -0.15) is 0 Å². The Morgan fingerprint density at radius 1 is 1.07 bits per heavy atom. The molecule has 30 heavy (non-hydrogen) atoms. The zero-order valence-electron chi connectivity index (χ0n) is 16.4. The van der Waals surface area contributed by atoms with Gasteiger partial charge in [0.1, 0.15) is 11.5 Å². The van der Waals surface area contributed by atoms with Crippen molar-refractivity contribution in [1.29, 1.82) is 0 Å². The molecule has 1 aliphatic carbocycles. The fourth-order valence-corrected chi connectivity index (χ4v) is 4.01. The van der Waals surface area contributed by atoms with E-state index >= 15 is 0 Å². The number of halogens is 2. The summed E-state index contributed by atoms with van der Waals surface area (Å²) in [4.78, 5) is 28.4. The van der Waals surface area contributed by atoms with Crippen molar-refractivity contribution < 1.29 is 24.2 Å². The van der Waals surface area contributed by atoms with Crippen molar-refractivity contribution >= 4 is 35.6 Å². The second kappa shape index (κ2) is 9.79. The van der Waals surface area contributed by atoms with E-state index in [9.17, 15) is 14.7 Å². The minimum Gasteiger partial charge on any atom is -0.507 e. The number of rotatable bonds is 6. The summed E-state index contributed by atoms with van der Waals surface area (Å²) in [5.41, 5.74) is 1.07. The monoisotopic (exact) mass is 451 g/mol. The molecule has 4 rings (SSSR count). The highest BCUT2D eigenvalue weighted by molar-refractivity contribution is 6.30. The first-order valence-electron chi connectivity index (χ1n) is 9.68. The first kappa shape index (κ1) is 22.6. The molecule has 8 heteroatoms. The number of carbonyl (C=O) groups is 2. The zero-order valence-corrected chi connectivity index (χ0v) is 17.9. The fourth-order valence-electron chi connectivity index (χ4n) is 3.81. The lowest BCUT2D eigenvalue weighted by Gasteiger charge is -2.26. The molecule has 1 saturated heterocycles. The lowest BCUT2D eigenvalue weighted by Crippen LogP contribution is -2.37. The van der Waals surface area contributed by atoms with Crippen LogP contribution in [-0.2, 0) is 10.6 Å². The molecule has 0 atom stereocenters. The van der Waals surface area contributed by atoms with Crippen LogP contribution in [0.3, 0.4) is 0 Å². The number of carbonyl (C=O) groups excluding carboxylic acids is 2. The van der Waals surface area contributed by atoms with Gasteiger partial charge in [0, 0.05) is 36.3 Å². The number of fused-ring (bicyclic) bond motifs is 2. The van der Waals surface area contributed by atoms with E-state index in [4.69, 9.17) is 21.1 Å². The van der Waals surface area contributed by atoms with Gasteiger partial charge in [-0.25, -0.2) is 0 Å². The summed E-state index contributed by atoms with van der Waals surface area (Å²) in [6.45, 7) is 4.52. The largest absolute Gasteiger partial charge is 0.507 e. The maximum Gasteiger partial charge on any atom is 0.198 e. The molecule has 1 fully saturated rings. The van der Waals surface area contributed by atoms with Gasteiger partial charge in [-0.1, -0.05) is 24.3 Å². The number of hydrogen-bond acceptors (Lipinski definition) is 6. The molecule has 0 unspecified atom stereocenters. The van der Waals surface area contributed by atoms with E-state index in [0.717, 1.165) is 39.3 Å². The SMILES string of the molecule is Cl.O=C1c2ccccc2C(=O)c2c(O)c(CCl)cc(OCCCN3CCOCC3)c21. The fraction of sp³-hybridized carbons (Fsp3) is 0.364. The minimum absolute atomic E-state index is 0. The number of morpholine rings is 1. The van der Waals surface area contributed by atoms with E-state index in [1.165, 1.54) is 0 Å². The van der Waals surface area contributed by atoms with Gasteiger partial charge >= 0.3 is 0 Å². The second-order valence-corrected chi connectivity index (χ2v) is 7.39. The Kier molecular flexibility index (Phi) is 7.36. The van der Waals surface area contributed by atoms with Crippen molar-refractivity contribution in [2.24, 2.45) is 0 Å². The number of phenolic OH excluding ortho intramolecular Hbond substituents is 1. The number of nitrogens with zero attached hydrogens (tertiary/aromatic N) is 1. The molecule has 2 aromatic carbocycles. The Bertz CT molecular complexity index is 957. The van der Waals surface area contributed by atoms with Gasteiger partial charge in [0.15, 0.2) is 11.6 Å². The zero-order chi connectivity index (χ0) is 20.4. The van der Waals surface area contributed by atoms with Crippen LogP contribution in [0.2, 0.25) is 0 Å². The molecule has 2 aliphatic rings. The van der Waals surface area contributed by atoms with E-state index in [0.29, 0.717) is 23.5 Å². The van der Waals surface area contributed by atoms with Crippen LogP contribution in [0.5, 0.6) is 11.5 Å². The molecule has 2 aromatic rings. The van der Waals surface area contributed by atoms with Crippen molar-refractivity contribution in [2.45, 2.75) is 12.3 Å². The second-order valence-electron chi connectivity index (χ2n) is 7.13. The van der Waals surface area contributed by atoms with Gasteiger partial charge in [0.2, 0.25) is 0 Å². The van der Waals surface area contributed by atoms with E-state index in [1.54, 1.807) is 30.3 Å². The Morgan fingerprint density at radius 3 is 2.33 bits per heavy atom. The van der Waals surface area contributed by atoms with Gasteiger partial charge in [0.05, 0.1) is 36.8 Å². The van der Waals surface area contributed by atoms with Gasteiger partial charge in [-0.05, 0) is 12.5 Å². The molecule has 0 aromatic heterocycles. The van der Waals surface area contributed by atoms with E-state index in [2.05, 4.69) is 4.90 Å². The molecular formula is C22H23Cl2NO5. The summed E-state index contributed by atoms with van der Waals surface area (Å²) in [6, 6.07) is 8.18. The van der Waals surface area contributed by atoms with Crippen LogP contribution in [0.4, 0.5) is 0 Å². The summed E-state index contributed by atoms with van der Waals surface area (Å²) in [5, 5.41) is 10.6. The Balaban J connectivity index is 0.00000256. The molecule has 0 radical (unpaired) electrons. The molecule has 160 valence electrons. The average molecular weight is 452 g/mol. The smallest absolute Gasteiger partial charge is 0.198 e. The topological polar surface area (TPSA) is 76.1 Å². The van der Waals surface area contributed by atoms with Crippen LogP contribution in [0, 0.1) is 0 Å². The maximum atomic E-state index is 13.1. The van der Waals surface area contributed by atoms with Crippen molar-refractivity contribution in [2.75, 3.05) is 39.5 Å². The van der Waals surface area contributed by atoms with Crippen LogP contribution >= 0.6 is 24.0 Å². The first-order chi connectivity index (χ1) is 14.1. The highest BCUT2D eigenvalue weighted by Crippen LogP contribution is 2.41.